The first kappa shape index (κ1) is 18.5. The van der Waals surface area contributed by atoms with Crippen LogP contribution in [0.5, 0.6) is 0 Å². The van der Waals surface area contributed by atoms with Gasteiger partial charge in [-0.1, -0.05) is 19.9 Å². The molecule has 126 valence electrons. The molecule has 0 aliphatic carbocycles. The van der Waals surface area contributed by atoms with E-state index in [0.717, 1.165) is 5.46 Å². The van der Waals surface area contributed by atoms with Crippen LogP contribution in [0.2, 0.25) is 0 Å². The van der Waals surface area contributed by atoms with Crippen molar-refractivity contribution in [1.82, 2.24) is 10.3 Å². The van der Waals surface area contributed by atoms with E-state index in [9.17, 15) is 4.79 Å². The van der Waals surface area contributed by atoms with E-state index in [2.05, 4.69) is 15.6 Å². The van der Waals surface area contributed by atoms with E-state index in [0.29, 0.717) is 5.82 Å². The Morgan fingerprint density at radius 1 is 1.18 bits per heavy atom. The van der Waals surface area contributed by atoms with Crippen molar-refractivity contribution in [1.29, 1.82) is 0 Å². The van der Waals surface area contributed by atoms with Crippen molar-refractivity contribution < 1.29 is 17.0 Å². The van der Waals surface area contributed by atoms with Gasteiger partial charge >= 0.3 is 13.1 Å². The molecule has 0 bridgehead atoms. The Morgan fingerprint density at radius 2 is 1.73 bits per heavy atom. The van der Waals surface area contributed by atoms with Gasteiger partial charge in [0, 0.05) is 21.6 Å². The molecule has 7 heteroatoms. The van der Waals surface area contributed by atoms with Crippen molar-refractivity contribution in [2.45, 2.75) is 52.7 Å². The van der Waals surface area contributed by atoms with Gasteiger partial charge in [-0.3, -0.25) is 5.32 Å². The molecule has 6 nitrogen and oxygen atoms in total. The Labute approximate surface area is 136 Å². The quantitative estimate of drug-likeness (QED) is 0.824. The third kappa shape index (κ3) is 3.98. The molecular formula is C15H30BN3O3. The summed E-state index contributed by atoms with van der Waals surface area (Å²) >= 11 is 0. The predicted octanol–water partition coefficient (Wildman–Crippen LogP) is 2.65. The molecule has 2 N–H and O–H groups in total. The maximum absolute atomic E-state index is 11.2. The topological polar surface area (TPSA) is 72.5 Å². The highest BCUT2D eigenvalue weighted by molar-refractivity contribution is 6.62. The minimum Gasteiger partial charge on any atom is -0.399 e. The summed E-state index contributed by atoms with van der Waals surface area (Å²) in [6.45, 7) is 12.0. The molecule has 1 aromatic heterocycles. The van der Waals surface area contributed by atoms with Crippen molar-refractivity contribution in [3.05, 3.63) is 18.3 Å². The van der Waals surface area contributed by atoms with Gasteiger partial charge in [0.15, 0.2) is 0 Å². The zero-order valence-electron chi connectivity index (χ0n) is 14.5. The van der Waals surface area contributed by atoms with Gasteiger partial charge in [-0.05, 0) is 33.8 Å². The first-order chi connectivity index (χ1) is 10.2. The fourth-order valence-electron chi connectivity index (χ4n) is 1.78. The van der Waals surface area contributed by atoms with Crippen molar-refractivity contribution in [2.24, 2.45) is 0 Å². The van der Waals surface area contributed by atoms with Crippen LogP contribution in [0.3, 0.4) is 0 Å². The summed E-state index contributed by atoms with van der Waals surface area (Å²) in [4.78, 5) is 15.4. The molecule has 0 unspecified atom stereocenters. The molecule has 2 amide bonds. The summed E-state index contributed by atoms with van der Waals surface area (Å²) in [5.41, 5.74) is 0.0685. The molecule has 2 heterocycles. The number of nitrogens with zero attached hydrogens (tertiary/aromatic N) is 1. The number of rotatable bonds is 2. The number of nitrogens with one attached hydrogen (secondary N) is 2. The average Bonchev–Trinajstić information content (AvgIpc) is 2.70. The van der Waals surface area contributed by atoms with Crippen LogP contribution in [-0.2, 0) is 9.31 Å². The number of carbonyl (C=O) groups is 1. The van der Waals surface area contributed by atoms with Gasteiger partial charge in [-0.25, -0.2) is 9.78 Å². The number of pyridine rings is 1. The second-order valence-corrected chi connectivity index (χ2v) is 5.77. The standard InChI is InChI=1S/C13H20BN3O3.C2H6.2H2/c1-12(2)13(3,4)20-14(19-12)9-6-7-10(16-8-9)17-11(18)15-5;1-2;;/h6-8H,1-5H3,(H2,15,16,17,18);1-2H3;2*1H. The maximum Gasteiger partial charge on any atom is 0.496 e. The molecule has 1 aliphatic rings. The van der Waals surface area contributed by atoms with Crippen LogP contribution in [-0.4, -0.2) is 36.4 Å². The molecule has 22 heavy (non-hydrogen) atoms. The van der Waals surface area contributed by atoms with E-state index < -0.39 is 7.12 Å². The van der Waals surface area contributed by atoms with Crippen molar-refractivity contribution in [3.8, 4) is 0 Å². The van der Waals surface area contributed by atoms with Gasteiger partial charge in [0.1, 0.15) is 5.82 Å². The molecular weight excluding hydrogens is 281 g/mol. The Morgan fingerprint density at radius 3 is 2.14 bits per heavy atom. The molecule has 0 atom stereocenters. The molecule has 1 fully saturated rings. The first-order valence-electron chi connectivity index (χ1n) is 7.55. The Hall–Kier alpha value is -1.60. The zero-order chi connectivity index (χ0) is 17.0. The van der Waals surface area contributed by atoms with Crippen LogP contribution in [0.15, 0.2) is 18.3 Å². The first-order valence-corrected chi connectivity index (χ1v) is 7.55. The fourth-order valence-corrected chi connectivity index (χ4v) is 1.78. The van der Waals surface area contributed by atoms with Crippen molar-refractivity contribution in [2.75, 3.05) is 12.4 Å². The van der Waals surface area contributed by atoms with E-state index >= 15 is 0 Å². The normalized spacial score (nSPS) is 18.2. The largest absolute Gasteiger partial charge is 0.496 e. The summed E-state index contributed by atoms with van der Waals surface area (Å²) in [6.07, 6.45) is 1.65. The number of amides is 2. The third-order valence-electron chi connectivity index (χ3n) is 3.78. The second kappa shape index (κ2) is 7.11. The third-order valence-corrected chi connectivity index (χ3v) is 3.78. The Bertz CT molecular complexity index is 497. The van der Waals surface area contributed by atoms with Crippen LogP contribution in [0, 0.1) is 0 Å². The SMILES string of the molecule is CC.CNC(=O)Nc1ccc(B2OC(C)(C)C(C)(C)O2)cn1.[HH].[HH]. The van der Waals surface area contributed by atoms with Gasteiger partial charge in [-0.15, -0.1) is 0 Å². The van der Waals surface area contributed by atoms with E-state index in [1.165, 1.54) is 0 Å². The Kier molecular flexibility index (Phi) is 5.96. The molecule has 0 saturated carbocycles. The van der Waals surface area contributed by atoms with Gasteiger partial charge in [-0.2, -0.15) is 0 Å². The molecule has 1 aliphatic heterocycles. The van der Waals surface area contributed by atoms with E-state index in [-0.39, 0.29) is 20.1 Å². The molecule has 0 aromatic carbocycles. The number of hydrogen-bond acceptors (Lipinski definition) is 4. The van der Waals surface area contributed by atoms with Crippen molar-refractivity contribution >= 4 is 24.4 Å². The molecule has 1 saturated heterocycles. The zero-order valence-corrected chi connectivity index (χ0v) is 14.5. The van der Waals surface area contributed by atoms with E-state index in [1.807, 2.05) is 47.6 Å². The number of anilines is 1. The number of hydrogen-bond donors (Lipinski definition) is 2. The van der Waals surface area contributed by atoms with Crippen LogP contribution in [0.4, 0.5) is 10.6 Å². The highest BCUT2D eigenvalue weighted by Gasteiger charge is 2.51. The number of aromatic nitrogens is 1. The predicted molar refractivity (Wildman–Crippen MR) is 93.6 cm³/mol. The van der Waals surface area contributed by atoms with E-state index in [1.54, 1.807) is 19.3 Å². The van der Waals surface area contributed by atoms with Crippen LogP contribution >= 0.6 is 0 Å². The summed E-state index contributed by atoms with van der Waals surface area (Å²) < 4.78 is 11.9. The minimum atomic E-state index is -0.443. The number of urea groups is 1. The highest BCUT2D eigenvalue weighted by Crippen LogP contribution is 2.36. The van der Waals surface area contributed by atoms with Gasteiger partial charge in [0.25, 0.3) is 0 Å². The average molecular weight is 311 g/mol. The molecule has 2 rings (SSSR count). The highest BCUT2D eigenvalue weighted by atomic mass is 16.7. The summed E-state index contributed by atoms with van der Waals surface area (Å²) in [5.74, 6) is 0.476. The van der Waals surface area contributed by atoms with Crippen molar-refractivity contribution in [3.63, 3.8) is 0 Å². The molecule has 0 spiro atoms. The lowest BCUT2D eigenvalue weighted by molar-refractivity contribution is 0.00578. The summed E-state index contributed by atoms with van der Waals surface area (Å²) in [7, 11) is 1.11. The smallest absolute Gasteiger partial charge is 0.399 e. The second-order valence-electron chi connectivity index (χ2n) is 5.77. The van der Waals surface area contributed by atoms with Crippen LogP contribution < -0.4 is 16.1 Å². The molecule has 0 radical (unpaired) electrons. The lowest BCUT2D eigenvalue weighted by Crippen LogP contribution is -2.41. The minimum absolute atomic E-state index is 0. The fraction of sp³-hybridized carbons (Fsp3) is 0.600. The number of carbonyl (C=O) groups excluding carboxylic acids is 1. The summed E-state index contributed by atoms with van der Waals surface area (Å²) in [6, 6.07) is 3.25. The lowest BCUT2D eigenvalue weighted by Gasteiger charge is -2.32. The van der Waals surface area contributed by atoms with Gasteiger partial charge < -0.3 is 14.6 Å². The van der Waals surface area contributed by atoms with Gasteiger partial charge in [0.05, 0.1) is 11.2 Å². The van der Waals surface area contributed by atoms with Crippen LogP contribution in [0.1, 0.15) is 44.4 Å². The lowest BCUT2D eigenvalue weighted by atomic mass is 9.80. The van der Waals surface area contributed by atoms with Crippen LogP contribution in [0.25, 0.3) is 0 Å². The maximum atomic E-state index is 11.2. The van der Waals surface area contributed by atoms with Gasteiger partial charge in [0.2, 0.25) is 0 Å². The summed E-state index contributed by atoms with van der Waals surface area (Å²) in [5, 5.41) is 5.06. The van der Waals surface area contributed by atoms with E-state index in [4.69, 9.17) is 9.31 Å². The molecule has 1 aromatic rings. The Balaban J connectivity index is 0. The monoisotopic (exact) mass is 311 g/mol.